The Hall–Kier alpha value is -2.41. The molecule has 33 heavy (non-hydrogen) atoms. The lowest BCUT2D eigenvalue weighted by atomic mass is 9.87. The molecule has 0 bridgehead atoms. The van der Waals surface area contributed by atoms with Gasteiger partial charge in [-0.3, -0.25) is 4.79 Å². The molecule has 0 aromatic carbocycles. The first-order chi connectivity index (χ1) is 16.1. The van der Waals surface area contributed by atoms with Gasteiger partial charge in [0.15, 0.2) is 0 Å². The van der Waals surface area contributed by atoms with Gasteiger partial charge in [0.05, 0.1) is 16.0 Å². The van der Waals surface area contributed by atoms with Crippen molar-refractivity contribution in [2.24, 2.45) is 5.73 Å². The van der Waals surface area contributed by atoms with Crippen molar-refractivity contribution in [2.45, 2.75) is 44.2 Å². The second-order valence-electron chi connectivity index (χ2n) is 7.39. The van der Waals surface area contributed by atoms with Gasteiger partial charge in [-0.05, 0) is 30.7 Å². The average Bonchev–Trinajstić information content (AvgIpc) is 3.44. The van der Waals surface area contributed by atoms with Crippen LogP contribution in [0.4, 0.5) is 5.69 Å². The Balaban J connectivity index is 0.000000968. The third-order valence-corrected chi connectivity index (χ3v) is 7.58. The molecule has 0 saturated heterocycles. The molecule has 9 heteroatoms. The number of aromatic nitrogens is 1. The molecule has 0 radical (unpaired) electrons. The lowest BCUT2D eigenvalue weighted by Gasteiger charge is -2.24. The summed E-state index contributed by atoms with van der Waals surface area (Å²) in [5, 5.41) is 22.0. The fraction of sp³-hybridized carbons (Fsp3) is 0.333. The Bertz CT molecular complexity index is 1150. The van der Waals surface area contributed by atoms with E-state index in [0.29, 0.717) is 18.0 Å². The molecule has 5 N–H and O–H groups in total. The molecule has 0 saturated carbocycles. The third-order valence-electron chi connectivity index (χ3n) is 5.16. The van der Waals surface area contributed by atoms with Crippen molar-refractivity contribution in [3.8, 4) is 11.8 Å². The number of aliphatic hydroxyl groups is 1. The van der Waals surface area contributed by atoms with Gasteiger partial charge in [0.25, 0.3) is 6.47 Å². The van der Waals surface area contributed by atoms with Crippen LogP contribution in [0, 0.1) is 11.8 Å². The molecular formula is C24H26ClN3O3S2. The van der Waals surface area contributed by atoms with Crippen LogP contribution in [0.25, 0.3) is 10.2 Å². The molecule has 3 aromatic heterocycles. The maximum atomic E-state index is 9.07. The summed E-state index contributed by atoms with van der Waals surface area (Å²) in [6.45, 7) is 0.634. The van der Waals surface area contributed by atoms with Gasteiger partial charge in [0.2, 0.25) is 0 Å². The van der Waals surface area contributed by atoms with Gasteiger partial charge in [-0.1, -0.05) is 41.7 Å². The predicted molar refractivity (Wildman–Crippen MR) is 137 cm³/mol. The number of unbranched alkanes of at least 4 members (excludes halogenated alkanes) is 1. The smallest absolute Gasteiger partial charge is 0.290 e. The van der Waals surface area contributed by atoms with Crippen molar-refractivity contribution in [1.82, 2.24) is 4.98 Å². The number of halogens is 1. The second kappa shape index (κ2) is 12.7. The molecule has 6 nitrogen and oxygen atoms in total. The number of nitrogens with zero attached hydrogens (tertiary/aromatic N) is 1. The number of carbonyl (C=O) groups is 1. The Morgan fingerprint density at radius 2 is 2.15 bits per heavy atom. The number of rotatable bonds is 6. The molecule has 2 atom stereocenters. The highest BCUT2D eigenvalue weighted by Crippen LogP contribution is 2.43. The molecule has 3 aromatic rings. The minimum atomic E-state index is -0.250. The summed E-state index contributed by atoms with van der Waals surface area (Å²) < 4.78 is 1.07. The van der Waals surface area contributed by atoms with Crippen molar-refractivity contribution in [2.75, 3.05) is 11.9 Å². The number of nitrogens with two attached hydrogens (primary N) is 1. The average molecular weight is 504 g/mol. The Kier molecular flexibility index (Phi) is 9.73. The van der Waals surface area contributed by atoms with E-state index in [4.69, 9.17) is 32.3 Å². The van der Waals surface area contributed by atoms with Crippen LogP contribution in [0.1, 0.15) is 46.9 Å². The van der Waals surface area contributed by atoms with Crippen LogP contribution >= 0.6 is 34.3 Å². The standard InChI is InChI=1S/C23H24ClN3OS2.CH2O2/c24-20-13-19(26-14-15-7-6-12-29-15)23-21(27-20)17(9-2-1-5-11-28)22(30-23)16-8-3-4-10-18(16)25;2-1-3/h3-4,6-7,12-13,16,18,28H,1,5,8,10-11,14,25H2,(H,26,27);1H,(H,2,3)/t16-,18-;/m0./s1. The topological polar surface area (TPSA) is 108 Å². The van der Waals surface area contributed by atoms with Gasteiger partial charge in [0, 0.05) is 47.4 Å². The summed E-state index contributed by atoms with van der Waals surface area (Å²) in [7, 11) is 0. The van der Waals surface area contributed by atoms with Gasteiger partial charge in [-0.25, -0.2) is 4.98 Å². The van der Waals surface area contributed by atoms with Gasteiger partial charge in [0.1, 0.15) is 10.7 Å². The van der Waals surface area contributed by atoms with Crippen LogP contribution in [-0.2, 0) is 11.3 Å². The van der Waals surface area contributed by atoms with E-state index in [1.54, 1.807) is 22.7 Å². The molecule has 0 fully saturated rings. The molecular weight excluding hydrogens is 478 g/mol. The van der Waals surface area contributed by atoms with E-state index in [9.17, 15) is 0 Å². The van der Waals surface area contributed by atoms with E-state index in [1.807, 2.05) is 6.07 Å². The number of aliphatic hydroxyl groups excluding tert-OH is 1. The summed E-state index contributed by atoms with van der Waals surface area (Å²) in [5.74, 6) is 6.76. The Morgan fingerprint density at radius 1 is 1.36 bits per heavy atom. The maximum Gasteiger partial charge on any atom is 0.290 e. The first kappa shape index (κ1) is 25.2. The molecule has 4 rings (SSSR count). The molecule has 0 spiro atoms. The Morgan fingerprint density at radius 3 is 2.85 bits per heavy atom. The lowest BCUT2D eigenvalue weighted by Crippen LogP contribution is -2.29. The van der Waals surface area contributed by atoms with Crippen molar-refractivity contribution < 1.29 is 15.0 Å². The summed E-state index contributed by atoms with van der Waals surface area (Å²) >= 11 is 9.85. The molecule has 1 aliphatic carbocycles. The fourth-order valence-corrected chi connectivity index (χ4v) is 5.83. The van der Waals surface area contributed by atoms with E-state index in [0.717, 1.165) is 40.9 Å². The molecule has 3 heterocycles. The van der Waals surface area contributed by atoms with Crippen LogP contribution < -0.4 is 11.1 Å². The number of pyridine rings is 1. The fourth-order valence-electron chi connectivity index (χ4n) is 3.62. The zero-order valence-electron chi connectivity index (χ0n) is 18.0. The van der Waals surface area contributed by atoms with Crippen LogP contribution in [0.2, 0.25) is 5.15 Å². The summed E-state index contributed by atoms with van der Waals surface area (Å²) in [4.78, 5) is 15.5. The second-order valence-corrected chi connectivity index (χ2v) is 9.86. The normalized spacial score (nSPS) is 17.1. The monoisotopic (exact) mass is 503 g/mol. The van der Waals surface area contributed by atoms with E-state index >= 15 is 0 Å². The Labute approximate surface area is 206 Å². The number of fused-ring (bicyclic) bond motifs is 1. The number of hydrogen-bond acceptors (Lipinski definition) is 7. The number of carboxylic acid groups (broad SMARTS) is 1. The predicted octanol–water partition coefficient (Wildman–Crippen LogP) is 5.21. The highest BCUT2D eigenvalue weighted by atomic mass is 35.5. The third kappa shape index (κ3) is 6.56. The highest BCUT2D eigenvalue weighted by molar-refractivity contribution is 7.20. The van der Waals surface area contributed by atoms with Gasteiger partial charge in [-0.2, -0.15) is 0 Å². The largest absolute Gasteiger partial charge is 0.483 e. The van der Waals surface area contributed by atoms with Crippen LogP contribution in [0.3, 0.4) is 0 Å². The van der Waals surface area contributed by atoms with E-state index in [2.05, 4.69) is 51.8 Å². The molecule has 0 amide bonds. The van der Waals surface area contributed by atoms with Crippen LogP contribution in [-0.4, -0.2) is 34.3 Å². The van der Waals surface area contributed by atoms with E-state index in [-0.39, 0.29) is 25.0 Å². The summed E-state index contributed by atoms with van der Waals surface area (Å²) in [6, 6.07) is 6.13. The quantitative estimate of drug-likeness (QED) is 0.121. The van der Waals surface area contributed by atoms with E-state index < -0.39 is 0 Å². The van der Waals surface area contributed by atoms with Crippen LogP contribution in [0.15, 0.2) is 35.7 Å². The minimum absolute atomic E-state index is 0.0686. The van der Waals surface area contributed by atoms with Crippen molar-refractivity contribution >= 4 is 56.7 Å². The number of hydrogen-bond donors (Lipinski definition) is 4. The zero-order chi connectivity index (χ0) is 23.6. The molecule has 1 aliphatic rings. The highest BCUT2D eigenvalue weighted by Gasteiger charge is 2.27. The summed E-state index contributed by atoms with van der Waals surface area (Å²) in [6.07, 6.45) is 7.45. The maximum absolute atomic E-state index is 9.07. The van der Waals surface area contributed by atoms with Crippen molar-refractivity contribution in [1.29, 1.82) is 0 Å². The SMILES string of the molecule is N[C@H]1CC=CC[C@@H]1c1sc2c(NCc3cccs3)cc(Cl)nc2c1C#CCCCO.O=CO. The molecule has 0 aliphatic heterocycles. The molecule has 174 valence electrons. The van der Waals surface area contributed by atoms with Gasteiger partial charge in [-0.15, -0.1) is 22.7 Å². The van der Waals surface area contributed by atoms with Gasteiger partial charge >= 0.3 is 0 Å². The van der Waals surface area contributed by atoms with Gasteiger partial charge < -0.3 is 21.3 Å². The summed E-state index contributed by atoms with van der Waals surface area (Å²) in [5.41, 5.74) is 9.24. The molecule has 0 unspecified atom stereocenters. The number of nitrogens with one attached hydrogen (secondary N) is 1. The number of anilines is 1. The lowest BCUT2D eigenvalue weighted by molar-refractivity contribution is -0.122. The number of allylic oxidation sites excluding steroid dienone is 1. The van der Waals surface area contributed by atoms with E-state index in [1.165, 1.54) is 9.75 Å². The van der Waals surface area contributed by atoms with Crippen molar-refractivity contribution in [3.05, 3.63) is 56.2 Å². The zero-order valence-corrected chi connectivity index (χ0v) is 20.3. The van der Waals surface area contributed by atoms with Crippen LogP contribution in [0.5, 0.6) is 0 Å². The number of thiophene rings is 2. The first-order valence-corrected chi connectivity index (χ1v) is 12.6. The first-order valence-electron chi connectivity index (χ1n) is 10.6. The van der Waals surface area contributed by atoms with Crippen molar-refractivity contribution in [3.63, 3.8) is 0 Å². The minimum Gasteiger partial charge on any atom is -0.483 e.